The van der Waals surface area contributed by atoms with Gasteiger partial charge in [0.1, 0.15) is 0 Å². The lowest BCUT2D eigenvalue weighted by molar-refractivity contribution is 0.263. The minimum Gasteiger partial charge on any atom is -0.195 e. The minimum absolute atomic E-state index is 0.205. The average molecular weight is 224 g/mol. The number of halogens is 1. The van der Waals surface area contributed by atoms with Gasteiger partial charge in [0.05, 0.1) is 0 Å². The Morgan fingerprint density at radius 2 is 1.85 bits per heavy atom. The highest BCUT2D eigenvalue weighted by Crippen LogP contribution is 2.38. The van der Waals surface area contributed by atoms with Crippen LogP contribution in [0.2, 0.25) is 0 Å². The van der Waals surface area contributed by atoms with Crippen molar-refractivity contribution in [3.8, 4) is 0 Å². The second-order valence-corrected chi connectivity index (χ2v) is 6.42. The Labute approximate surface area is 83.6 Å². The highest BCUT2D eigenvalue weighted by atomic mass is 35.7. The summed E-state index contributed by atoms with van der Waals surface area (Å²) in [6.07, 6.45) is 5.56. The number of rotatable bonds is 1. The third kappa shape index (κ3) is 1.85. The van der Waals surface area contributed by atoms with Crippen LogP contribution in [0.5, 0.6) is 0 Å². The van der Waals surface area contributed by atoms with Gasteiger partial charge in [0.2, 0.25) is 0 Å². The fourth-order valence-electron chi connectivity index (χ4n) is 2.63. The Balaban J connectivity index is 2.16. The van der Waals surface area contributed by atoms with Crippen LogP contribution in [-0.2, 0) is 9.24 Å². The Morgan fingerprint density at radius 3 is 2.54 bits per heavy atom. The molecule has 2 fully saturated rings. The van der Waals surface area contributed by atoms with E-state index in [4.69, 9.17) is 10.7 Å². The van der Waals surface area contributed by atoms with Gasteiger partial charge in [-0.25, -0.2) is 0 Å². The third-order valence-corrected chi connectivity index (χ3v) is 4.78. The minimum atomic E-state index is -3.47. The maximum atomic E-state index is 11.2. The molecule has 1 aliphatic heterocycles. The van der Waals surface area contributed by atoms with Crippen molar-refractivity contribution in [2.45, 2.75) is 38.1 Å². The van der Waals surface area contributed by atoms with Crippen LogP contribution < -0.4 is 0 Å². The van der Waals surface area contributed by atoms with Crippen molar-refractivity contribution in [2.24, 2.45) is 5.92 Å². The van der Waals surface area contributed by atoms with Gasteiger partial charge in [-0.3, -0.25) is 0 Å². The van der Waals surface area contributed by atoms with E-state index in [9.17, 15) is 8.42 Å². The molecule has 76 valence electrons. The Kier molecular flexibility index (Phi) is 2.55. The van der Waals surface area contributed by atoms with Crippen molar-refractivity contribution in [3.05, 3.63) is 0 Å². The Morgan fingerprint density at radius 1 is 1.15 bits per heavy atom. The normalized spacial score (nSPS) is 36.1. The molecule has 0 aromatic rings. The maximum Gasteiger partial charge on any atom is 0.300 e. The van der Waals surface area contributed by atoms with Crippen molar-refractivity contribution in [2.75, 3.05) is 6.54 Å². The molecule has 2 aliphatic rings. The molecule has 13 heavy (non-hydrogen) atoms. The van der Waals surface area contributed by atoms with Gasteiger partial charge in [-0.2, -0.15) is 12.7 Å². The zero-order valence-electron chi connectivity index (χ0n) is 7.45. The van der Waals surface area contributed by atoms with Crippen LogP contribution >= 0.6 is 10.7 Å². The van der Waals surface area contributed by atoms with Crippen molar-refractivity contribution < 1.29 is 8.42 Å². The van der Waals surface area contributed by atoms with Crippen molar-refractivity contribution >= 4 is 19.9 Å². The summed E-state index contributed by atoms with van der Waals surface area (Å²) in [5, 5.41) is 0. The molecule has 1 saturated heterocycles. The predicted octanol–water partition coefficient (Wildman–Crippen LogP) is 1.73. The molecule has 2 unspecified atom stereocenters. The third-order valence-electron chi connectivity index (χ3n) is 3.24. The molecule has 0 radical (unpaired) electrons. The summed E-state index contributed by atoms with van der Waals surface area (Å²) < 4.78 is 23.8. The lowest BCUT2D eigenvalue weighted by Gasteiger charge is -2.29. The highest BCUT2D eigenvalue weighted by Gasteiger charge is 2.40. The molecular weight excluding hydrogens is 210 g/mol. The largest absolute Gasteiger partial charge is 0.300 e. The molecule has 0 aromatic heterocycles. The van der Waals surface area contributed by atoms with Gasteiger partial charge in [0, 0.05) is 23.3 Å². The van der Waals surface area contributed by atoms with Gasteiger partial charge in [-0.05, 0) is 25.2 Å². The van der Waals surface area contributed by atoms with Gasteiger partial charge >= 0.3 is 0 Å². The smallest absolute Gasteiger partial charge is 0.195 e. The number of hydrogen-bond donors (Lipinski definition) is 0. The van der Waals surface area contributed by atoms with Gasteiger partial charge < -0.3 is 0 Å². The van der Waals surface area contributed by atoms with Gasteiger partial charge in [-0.15, -0.1) is 0 Å². The molecule has 0 aromatic carbocycles. The van der Waals surface area contributed by atoms with E-state index in [2.05, 4.69) is 0 Å². The summed E-state index contributed by atoms with van der Waals surface area (Å²) >= 11 is 0. The van der Waals surface area contributed by atoms with E-state index in [-0.39, 0.29) is 6.04 Å². The van der Waals surface area contributed by atoms with Crippen LogP contribution in [0.25, 0.3) is 0 Å². The first-order valence-electron chi connectivity index (χ1n) is 4.80. The molecule has 0 N–H and O–H groups in total. The van der Waals surface area contributed by atoms with Crippen LogP contribution in [-0.4, -0.2) is 25.3 Å². The van der Waals surface area contributed by atoms with E-state index < -0.39 is 9.24 Å². The lowest BCUT2D eigenvalue weighted by Crippen LogP contribution is -2.36. The average Bonchev–Trinajstić information content (AvgIpc) is 2.45. The Hall–Kier alpha value is 0.200. The van der Waals surface area contributed by atoms with E-state index in [1.807, 2.05) is 0 Å². The topological polar surface area (TPSA) is 37.4 Å². The maximum absolute atomic E-state index is 11.2. The summed E-state index contributed by atoms with van der Waals surface area (Å²) in [6.45, 7) is 0.626. The molecule has 1 aliphatic carbocycles. The molecule has 1 heterocycles. The summed E-state index contributed by atoms with van der Waals surface area (Å²) in [5.41, 5.74) is 0. The van der Waals surface area contributed by atoms with Gasteiger partial charge in [0.15, 0.2) is 0 Å². The van der Waals surface area contributed by atoms with Gasteiger partial charge in [-0.1, -0.05) is 12.8 Å². The SMILES string of the molecule is O=S(=O)(Cl)N1CCC2CCCCC21. The Bertz CT molecular complexity index is 291. The van der Waals surface area contributed by atoms with Crippen molar-refractivity contribution in [1.82, 2.24) is 4.31 Å². The summed E-state index contributed by atoms with van der Waals surface area (Å²) in [5.74, 6) is 0.572. The molecule has 5 heteroatoms. The zero-order chi connectivity index (χ0) is 9.47. The first-order chi connectivity index (χ1) is 6.09. The molecule has 0 amide bonds. The number of fused-ring (bicyclic) bond motifs is 1. The molecule has 3 nitrogen and oxygen atoms in total. The standard InChI is InChI=1S/C8H14ClNO2S/c9-13(11,12)10-6-5-7-3-1-2-4-8(7)10/h7-8H,1-6H2. The molecule has 2 rings (SSSR count). The number of nitrogens with zero attached hydrogens (tertiary/aromatic N) is 1. The van der Waals surface area contributed by atoms with E-state index in [1.165, 1.54) is 17.1 Å². The van der Waals surface area contributed by atoms with Crippen molar-refractivity contribution in [1.29, 1.82) is 0 Å². The van der Waals surface area contributed by atoms with E-state index in [0.29, 0.717) is 12.5 Å². The summed E-state index contributed by atoms with van der Waals surface area (Å²) in [4.78, 5) is 0. The van der Waals surface area contributed by atoms with Gasteiger partial charge in [0.25, 0.3) is 9.24 Å². The quantitative estimate of drug-likeness (QED) is 0.635. The fraction of sp³-hybridized carbons (Fsp3) is 1.00. The van der Waals surface area contributed by atoms with Crippen LogP contribution in [0.15, 0.2) is 0 Å². The highest BCUT2D eigenvalue weighted by molar-refractivity contribution is 8.11. The molecule has 1 saturated carbocycles. The number of hydrogen-bond acceptors (Lipinski definition) is 2. The van der Waals surface area contributed by atoms with E-state index >= 15 is 0 Å². The monoisotopic (exact) mass is 223 g/mol. The summed E-state index contributed by atoms with van der Waals surface area (Å²) in [7, 11) is 1.89. The molecule has 2 atom stereocenters. The lowest BCUT2D eigenvalue weighted by atomic mass is 9.86. The first kappa shape index (κ1) is 9.74. The zero-order valence-corrected chi connectivity index (χ0v) is 9.02. The van der Waals surface area contributed by atoms with Crippen molar-refractivity contribution in [3.63, 3.8) is 0 Å². The first-order valence-corrected chi connectivity index (χ1v) is 7.07. The molecular formula is C8H14ClNO2S. The van der Waals surface area contributed by atoms with Crippen LogP contribution in [0.1, 0.15) is 32.1 Å². The van der Waals surface area contributed by atoms with Crippen LogP contribution in [0.4, 0.5) is 0 Å². The van der Waals surface area contributed by atoms with Crippen LogP contribution in [0.3, 0.4) is 0 Å². The fourth-order valence-corrected chi connectivity index (χ4v) is 4.07. The summed E-state index contributed by atoms with van der Waals surface area (Å²) in [6, 6.07) is 0.205. The van der Waals surface area contributed by atoms with Crippen LogP contribution in [0, 0.1) is 5.92 Å². The van der Waals surface area contributed by atoms with E-state index in [1.54, 1.807) is 0 Å². The van der Waals surface area contributed by atoms with E-state index in [0.717, 1.165) is 19.3 Å². The second-order valence-electron chi connectivity index (χ2n) is 3.95. The second kappa shape index (κ2) is 3.41. The molecule has 0 bridgehead atoms. The molecule has 0 spiro atoms. The predicted molar refractivity (Wildman–Crippen MR) is 51.8 cm³/mol.